The van der Waals surface area contributed by atoms with E-state index in [9.17, 15) is 24.3 Å². The van der Waals surface area contributed by atoms with Crippen molar-refractivity contribution in [3.63, 3.8) is 0 Å². The van der Waals surface area contributed by atoms with Crippen molar-refractivity contribution in [2.45, 2.75) is 91.3 Å². The van der Waals surface area contributed by atoms with Gasteiger partial charge in [0.1, 0.15) is 0 Å². The van der Waals surface area contributed by atoms with Gasteiger partial charge in [0.25, 0.3) is 0 Å². The van der Waals surface area contributed by atoms with Crippen LogP contribution in [0.25, 0.3) is 10.4 Å². The van der Waals surface area contributed by atoms with Crippen molar-refractivity contribution >= 4 is 34.9 Å². The smallest absolute Gasteiger partial charge is 0.303 e. The summed E-state index contributed by atoms with van der Waals surface area (Å²) >= 11 is 1.58. The van der Waals surface area contributed by atoms with Gasteiger partial charge in [-0.2, -0.15) is 0 Å². The van der Waals surface area contributed by atoms with E-state index in [2.05, 4.69) is 15.6 Å². The van der Waals surface area contributed by atoms with Gasteiger partial charge in [-0.25, -0.2) is 4.98 Å². The van der Waals surface area contributed by atoms with Crippen molar-refractivity contribution in [2.75, 3.05) is 0 Å². The summed E-state index contributed by atoms with van der Waals surface area (Å²) in [6.07, 6.45) is 1.50. The lowest BCUT2D eigenvalue weighted by Crippen LogP contribution is -2.52. The van der Waals surface area contributed by atoms with Gasteiger partial charge in [-0.3, -0.25) is 19.2 Å². The number of rotatable bonds is 13. The van der Waals surface area contributed by atoms with Crippen molar-refractivity contribution < 1.29 is 29.4 Å². The Morgan fingerprint density at radius 2 is 1.68 bits per heavy atom. The Labute approximate surface area is 239 Å². The normalized spacial score (nSPS) is 19.7. The number of aliphatic hydroxyl groups excluding tert-OH is 1. The number of aliphatic hydroxyl groups is 1. The minimum absolute atomic E-state index is 0.0655. The molecule has 9 nitrogen and oxygen atoms in total. The van der Waals surface area contributed by atoms with Gasteiger partial charge in [0.15, 0.2) is 5.78 Å². The van der Waals surface area contributed by atoms with Crippen LogP contribution in [0.3, 0.4) is 0 Å². The van der Waals surface area contributed by atoms with E-state index in [-0.39, 0.29) is 43.3 Å². The number of hydrogen-bond acceptors (Lipinski definition) is 7. The molecule has 1 aromatic heterocycles. The standard InChI is InChI=1S/C30H41N3O6S/c1-18-27(40-17-32-18)20-12-10-19(11-13-20)16-31-29(39)23-15-21(34)14-22(23)26(38)28(30(2,3)4)33-24(35)8-6-5-7-9-25(36)37/h10-13,17,21-23,28,34H,5-9,14-16H2,1-4H3,(H,31,39)(H,33,35)(H,36,37)/t21-,22?,23+,28+/m0/s1. The van der Waals surface area contributed by atoms with Gasteiger partial charge in [-0.15, -0.1) is 11.3 Å². The molecule has 0 aliphatic heterocycles. The molecule has 1 unspecified atom stereocenters. The molecule has 1 aliphatic rings. The molecule has 0 radical (unpaired) electrons. The molecule has 1 fully saturated rings. The Hall–Kier alpha value is -3.11. The second-order valence-corrected chi connectivity index (χ2v) is 12.6. The average Bonchev–Trinajstić information content (AvgIpc) is 3.50. The number of ketones is 1. The van der Waals surface area contributed by atoms with E-state index in [1.807, 2.05) is 57.5 Å². The Morgan fingerprint density at radius 1 is 1.02 bits per heavy atom. The highest BCUT2D eigenvalue weighted by molar-refractivity contribution is 7.13. The van der Waals surface area contributed by atoms with Crippen LogP contribution in [0.15, 0.2) is 29.8 Å². The molecule has 1 saturated carbocycles. The van der Waals surface area contributed by atoms with E-state index in [0.717, 1.165) is 21.7 Å². The third kappa shape index (κ3) is 8.69. The molecule has 0 bridgehead atoms. The van der Waals surface area contributed by atoms with E-state index in [1.165, 1.54) is 0 Å². The number of nitrogens with zero attached hydrogens (tertiary/aromatic N) is 1. The summed E-state index contributed by atoms with van der Waals surface area (Å²) in [4.78, 5) is 55.6. The van der Waals surface area contributed by atoms with Crippen molar-refractivity contribution in [1.82, 2.24) is 15.6 Å². The molecule has 2 aromatic rings. The van der Waals surface area contributed by atoms with Crippen LogP contribution in [-0.2, 0) is 25.7 Å². The number of carbonyl (C=O) groups is 4. The first kappa shape index (κ1) is 31.4. The quantitative estimate of drug-likeness (QED) is 0.263. The summed E-state index contributed by atoms with van der Waals surface area (Å²) in [5.74, 6) is -3.05. The first-order valence-electron chi connectivity index (χ1n) is 13.9. The monoisotopic (exact) mass is 571 g/mol. The molecular formula is C30H41N3O6S. The van der Waals surface area contributed by atoms with Gasteiger partial charge in [0.2, 0.25) is 11.8 Å². The SMILES string of the molecule is Cc1ncsc1-c1ccc(CNC(=O)[C@@H]2C[C@@H](O)CC2C(=O)[C@@H](NC(=O)CCCCCC(=O)O)C(C)(C)C)cc1. The molecule has 3 rings (SSSR count). The number of unbranched alkanes of at least 4 members (excludes halogenated alkanes) is 2. The lowest BCUT2D eigenvalue weighted by molar-refractivity contribution is -0.137. The predicted molar refractivity (Wildman–Crippen MR) is 153 cm³/mol. The minimum Gasteiger partial charge on any atom is -0.481 e. The molecule has 0 spiro atoms. The first-order chi connectivity index (χ1) is 18.9. The summed E-state index contributed by atoms with van der Waals surface area (Å²) in [6.45, 7) is 7.85. The Morgan fingerprint density at radius 3 is 2.27 bits per heavy atom. The second kappa shape index (κ2) is 14.0. The lowest BCUT2D eigenvalue weighted by Gasteiger charge is -2.33. The average molecular weight is 572 g/mol. The van der Waals surface area contributed by atoms with Crippen LogP contribution in [0.2, 0.25) is 0 Å². The molecule has 40 heavy (non-hydrogen) atoms. The number of thiazole rings is 1. The fraction of sp³-hybridized carbons (Fsp3) is 0.567. The van der Waals surface area contributed by atoms with Crippen LogP contribution in [-0.4, -0.2) is 50.9 Å². The van der Waals surface area contributed by atoms with Crippen molar-refractivity contribution in [3.8, 4) is 10.4 Å². The maximum absolute atomic E-state index is 13.7. The number of aliphatic carboxylic acids is 1. The molecule has 10 heteroatoms. The Bertz CT molecular complexity index is 1190. The number of carboxylic acids is 1. The molecule has 1 aromatic carbocycles. The molecule has 218 valence electrons. The first-order valence-corrected chi connectivity index (χ1v) is 14.7. The van der Waals surface area contributed by atoms with Crippen LogP contribution >= 0.6 is 11.3 Å². The molecule has 4 atom stereocenters. The zero-order valence-corrected chi connectivity index (χ0v) is 24.6. The summed E-state index contributed by atoms with van der Waals surface area (Å²) in [6, 6.07) is 7.08. The van der Waals surface area contributed by atoms with Gasteiger partial charge >= 0.3 is 5.97 Å². The highest BCUT2D eigenvalue weighted by atomic mass is 32.1. The van der Waals surface area contributed by atoms with E-state index in [0.29, 0.717) is 25.8 Å². The number of Topliss-reactive ketones (excluding diaryl/α,β-unsaturated/α-hetero) is 1. The minimum atomic E-state index is -0.861. The highest BCUT2D eigenvalue weighted by Crippen LogP contribution is 2.36. The van der Waals surface area contributed by atoms with Crippen LogP contribution in [0.4, 0.5) is 0 Å². The van der Waals surface area contributed by atoms with Gasteiger partial charge < -0.3 is 20.8 Å². The molecule has 4 N–H and O–H groups in total. The molecule has 1 aliphatic carbocycles. The maximum atomic E-state index is 13.7. The third-order valence-electron chi connectivity index (χ3n) is 7.42. The van der Waals surface area contributed by atoms with E-state index < -0.39 is 35.4 Å². The number of aromatic nitrogens is 1. The van der Waals surface area contributed by atoms with E-state index in [4.69, 9.17) is 5.11 Å². The predicted octanol–water partition coefficient (Wildman–Crippen LogP) is 4.26. The molecular weight excluding hydrogens is 530 g/mol. The molecule has 0 saturated heterocycles. The van der Waals surface area contributed by atoms with Gasteiger partial charge in [0, 0.05) is 25.3 Å². The van der Waals surface area contributed by atoms with E-state index in [1.54, 1.807) is 11.3 Å². The maximum Gasteiger partial charge on any atom is 0.303 e. The number of amides is 2. The summed E-state index contributed by atoms with van der Waals surface area (Å²) in [5.41, 5.74) is 4.18. The van der Waals surface area contributed by atoms with Gasteiger partial charge in [-0.05, 0) is 49.1 Å². The summed E-state index contributed by atoms with van der Waals surface area (Å²) < 4.78 is 0. The fourth-order valence-corrected chi connectivity index (χ4v) is 6.00. The third-order valence-corrected chi connectivity index (χ3v) is 8.40. The fourth-order valence-electron chi connectivity index (χ4n) is 5.19. The van der Waals surface area contributed by atoms with Crippen molar-refractivity contribution in [2.24, 2.45) is 17.3 Å². The Kier molecular flexibility index (Phi) is 11.0. The number of carbonyl (C=O) groups excluding carboxylic acids is 3. The number of hydrogen-bond donors (Lipinski definition) is 4. The summed E-state index contributed by atoms with van der Waals surface area (Å²) in [7, 11) is 0. The number of aryl methyl sites for hydroxylation is 1. The molecule has 2 amide bonds. The highest BCUT2D eigenvalue weighted by Gasteiger charge is 2.46. The van der Waals surface area contributed by atoms with Gasteiger partial charge in [-0.1, -0.05) is 51.5 Å². The number of benzene rings is 1. The lowest BCUT2D eigenvalue weighted by atomic mass is 9.77. The van der Waals surface area contributed by atoms with Crippen molar-refractivity contribution in [1.29, 1.82) is 0 Å². The molecule has 1 heterocycles. The zero-order chi connectivity index (χ0) is 29.4. The largest absolute Gasteiger partial charge is 0.481 e. The van der Waals surface area contributed by atoms with Crippen molar-refractivity contribution in [3.05, 3.63) is 41.0 Å². The van der Waals surface area contributed by atoms with E-state index >= 15 is 0 Å². The number of nitrogens with one attached hydrogen (secondary N) is 2. The zero-order valence-electron chi connectivity index (χ0n) is 23.7. The Balaban J connectivity index is 1.60. The van der Waals surface area contributed by atoms with Gasteiger partial charge in [0.05, 0.1) is 34.1 Å². The van der Waals surface area contributed by atoms with Crippen LogP contribution in [0, 0.1) is 24.2 Å². The van der Waals surface area contributed by atoms with Crippen LogP contribution < -0.4 is 10.6 Å². The topological polar surface area (TPSA) is 146 Å². The number of carboxylic acid groups (broad SMARTS) is 1. The second-order valence-electron chi connectivity index (χ2n) is 11.7. The summed E-state index contributed by atoms with van der Waals surface area (Å²) in [5, 5.41) is 25.0. The van der Waals surface area contributed by atoms with Crippen LogP contribution in [0.1, 0.15) is 77.0 Å². The van der Waals surface area contributed by atoms with Crippen LogP contribution in [0.5, 0.6) is 0 Å².